The molecule has 0 spiro atoms. The molecule has 0 aromatic heterocycles. The molecule has 0 amide bonds. The van der Waals surface area contributed by atoms with Gasteiger partial charge in [-0.3, -0.25) is 4.91 Å². The molecule has 0 fully saturated rings. The molecule has 4 nitrogen and oxygen atoms in total. The van der Waals surface area contributed by atoms with Crippen LogP contribution in [0.15, 0.2) is 0 Å². The van der Waals surface area contributed by atoms with Crippen molar-refractivity contribution in [3.05, 3.63) is 16.0 Å². The Balaban J connectivity index is 0. The van der Waals surface area contributed by atoms with E-state index in [0.717, 1.165) is 6.42 Å². The maximum atomic E-state index is 6.75. The van der Waals surface area contributed by atoms with Gasteiger partial charge < -0.3 is 16.8 Å². The van der Waals surface area contributed by atoms with E-state index in [-0.39, 0.29) is 0 Å². The maximum absolute atomic E-state index is 6.75. The van der Waals surface area contributed by atoms with Gasteiger partial charge in [0.15, 0.2) is 0 Å². The highest BCUT2D eigenvalue weighted by molar-refractivity contribution is 4.56. The average Bonchev–Trinajstić information content (AvgIpc) is 1.67. The van der Waals surface area contributed by atoms with Crippen molar-refractivity contribution in [2.75, 3.05) is 0 Å². The molecule has 0 atom stereocenters. The Hall–Kier alpha value is -0.730. The molecule has 0 aliphatic rings. The van der Waals surface area contributed by atoms with E-state index in [1.165, 1.54) is 4.91 Å². The van der Waals surface area contributed by atoms with Crippen molar-refractivity contribution in [1.29, 1.82) is 0 Å². The van der Waals surface area contributed by atoms with Crippen LogP contribution in [0.4, 0.5) is 0 Å². The molecular formula is C5H14N4. The van der Waals surface area contributed by atoms with Crippen molar-refractivity contribution in [2.45, 2.75) is 32.7 Å². The van der Waals surface area contributed by atoms with Gasteiger partial charge in [0.2, 0.25) is 0 Å². The smallest absolute Gasteiger partial charge is 0.0886 e. The van der Waals surface area contributed by atoms with Crippen LogP contribution in [0.3, 0.4) is 0 Å². The highest BCUT2D eigenvalue weighted by Crippen LogP contribution is 1.96. The standard InChI is InChI=1S/C5H13N.N3/c1-4-5(2,3)6;1-3-2/h4,6H2,1-3H3;/q;-1/p+1. The van der Waals surface area contributed by atoms with Crippen molar-refractivity contribution in [1.82, 2.24) is 0 Å². The predicted molar refractivity (Wildman–Crippen MR) is 37.3 cm³/mol. The van der Waals surface area contributed by atoms with Crippen molar-refractivity contribution < 1.29 is 5.73 Å². The van der Waals surface area contributed by atoms with Gasteiger partial charge in [0.25, 0.3) is 0 Å². The van der Waals surface area contributed by atoms with Crippen LogP contribution in [-0.4, -0.2) is 5.54 Å². The van der Waals surface area contributed by atoms with Crippen LogP contribution in [0.1, 0.15) is 27.2 Å². The summed E-state index contributed by atoms with van der Waals surface area (Å²) in [6, 6.07) is 0. The Labute approximate surface area is 55.5 Å². The quantitative estimate of drug-likeness (QED) is 0.315. The number of quaternary nitrogens is 1. The SMILES string of the molecule is CCC(C)(C)[NH3+].[N-]=[N+]=[N-]. The van der Waals surface area contributed by atoms with Crippen molar-refractivity contribution >= 4 is 0 Å². The van der Waals surface area contributed by atoms with Gasteiger partial charge in [-0.05, 0) is 20.3 Å². The molecule has 0 saturated heterocycles. The third kappa shape index (κ3) is 39.2. The van der Waals surface area contributed by atoms with Crippen LogP contribution in [0.25, 0.3) is 16.0 Å². The number of rotatable bonds is 1. The van der Waals surface area contributed by atoms with E-state index in [0.29, 0.717) is 5.54 Å². The fraction of sp³-hybridized carbons (Fsp3) is 1.00. The molecule has 0 bridgehead atoms. The lowest BCUT2D eigenvalue weighted by molar-refractivity contribution is -0.466. The van der Waals surface area contributed by atoms with Gasteiger partial charge in [-0.2, -0.15) is 0 Å². The van der Waals surface area contributed by atoms with Gasteiger partial charge in [0, 0.05) is 0 Å². The van der Waals surface area contributed by atoms with Gasteiger partial charge in [0.1, 0.15) is 0 Å². The summed E-state index contributed by atoms with van der Waals surface area (Å²) in [5.74, 6) is 0. The summed E-state index contributed by atoms with van der Waals surface area (Å²) in [5, 5.41) is 0. The molecule has 0 saturated carbocycles. The maximum Gasteiger partial charge on any atom is 0.0886 e. The van der Waals surface area contributed by atoms with Crippen molar-refractivity contribution in [2.24, 2.45) is 0 Å². The molecule has 0 unspecified atom stereocenters. The van der Waals surface area contributed by atoms with Crippen LogP contribution in [0.2, 0.25) is 0 Å². The monoisotopic (exact) mass is 130 g/mol. The number of hydrogen-bond donors (Lipinski definition) is 1. The first-order valence-corrected chi connectivity index (χ1v) is 2.81. The molecule has 0 rings (SSSR count). The van der Waals surface area contributed by atoms with Gasteiger partial charge in [-0.25, -0.2) is 0 Å². The van der Waals surface area contributed by atoms with Gasteiger partial charge in [0.05, 0.1) is 5.54 Å². The Morgan fingerprint density at radius 1 is 1.44 bits per heavy atom. The van der Waals surface area contributed by atoms with Gasteiger partial charge in [-0.15, -0.1) is 0 Å². The van der Waals surface area contributed by atoms with E-state index in [1.54, 1.807) is 0 Å². The molecule has 0 heterocycles. The Kier molecular flexibility index (Phi) is 6.68. The highest BCUT2D eigenvalue weighted by Gasteiger charge is 2.08. The first-order valence-electron chi connectivity index (χ1n) is 2.81. The molecule has 9 heavy (non-hydrogen) atoms. The van der Waals surface area contributed by atoms with Crippen molar-refractivity contribution in [3.63, 3.8) is 0 Å². The van der Waals surface area contributed by atoms with E-state index in [9.17, 15) is 0 Å². The summed E-state index contributed by atoms with van der Waals surface area (Å²) < 4.78 is 0. The second-order valence-electron chi connectivity index (χ2n) is 2.61. The summed E-state index contributed by atoms with van der Waals surface area (Å²) in [7, 11) is 0. The molecule has 0 aromatic carbocycles. The van der Waals surface area contributed by atoms with Crippen LogP contribution in [0.5, 0.6) is 0 Å². The fourth-order valence-electron chi connectivity index (χ4n) is 0. The number of hydrogen-bond acceptors (Lipinski definition) is 0. The third-order valence-electron chi connectivity index (χ3n) is 0.957. The van der Waals surface area contributed by atoms with E-state index in [2.05, 4.69) is 26.5 Å². The summed E-state index contributed by atoms with van der Waals surface area (Å²) >= 11 is 0. The predicted octanol–water partition coefficient (Wildman–Crippen LogP) is 1.28. The second-order valence-corrected chi connectivity index (χ2v) is 2.61. The minimum absolute atomic E-state index is 0.292. The zero-order valence-electron chi connectivity index (χ0n) is 6.26. The summed E-state index contributed by atoms with van der Waals surface area (Å²) in [4.78, 5) is 1.50. The second kappa shape index (κ2) is 5.41. The molecule has 0 aromatic rings. The summed E-state index contributed by atoms with van der Waals surface area (Å²) in [5.41, 5.74) is 17.7. The van der Waals surface area contributed by atoms with E-state index in [1.807, 2.05) is 0 Å². The van der Waals surface area contributed by atoms with Crippen molar-refractivity contribution in [3.8, 4) is 0 Å². The minimum atomic E-state index is 0.292. The van der Waals surface area contributed by atoms with Gasteiger partial charge in [-0.1, -0.05) is 6.92 Å². The van der Waals surface area contributed by atoms with E-state index >= 15 is 0 Å². The Morgan fingerprint density at radius 3 is 1.56 bits per heavy atom. The molecule has 0 radical (unpaired) electrons. The molecule has 3 N–H and O–H groups in total. The minimum Gasteiger partial charge on any atom is -0.373 e. The molecular weight excluding hydrogens is 116 g/mol. The number of nitrogens with zero attached hydrogens (tertiary/aromatic N) is 3. The normalized spacial score (nSPS) is 8.89. The highest BCUT2D eigenvalue weighted by atomic mass is 15.0. The molecule has 0 aliphatic carbocycles. The van der Waals surface area contributed by atoms with Crippen LogP contribution in [-0.2, 0) is 0 Å². The van der Waals surface area contributed by atoms with Crippen LogP contribution >= 0.6 is 0 Å². The van der Waals surface area contributed by atoms with Gasteiger partial charge >= 0.3 is 0 Å². The average molecular weight is 130 g/mol. The Morgan fingerprint density at radius 2 is 1.56 bits per heavy atom. The summed E-state index contributed by atoms with van der Waals surface area (Å²) in [6.45, 7) is 6.41. The third-order valence-corrected chi connectivity index (χ3v) is 0.957. The lowest BCUT2D eigenvalue weighted by Gasteiger charge is -2.08. The van der Waals surface area contributed by atoms with E-state index in [4.69, 9.17) is 11.1 Å². The van der Waals surface area contributed by atoms with Crippen LogP contribution < -0.4 is 5.73 Å². The zero-order chi connectivity index (χ0) is 7.91. The first-order chi connectivity index (χ1) is 3.97. The zero-order valence-corrected chi connectivity index (χ0v) is 6.26. The first kappa shape index (κ1) is 11.1. The molecule has 54 valence electrons. The lowest BCUT2D eigenvalue weighted by Crippen LogP contribution is -2.68. The fourth-order valence-corrected chi connectivity index (χ4v) is 0. The topological polar surface area (TPSA) is 86.3 Å². The van der Waals surface area contributed by atoms with Crippen LogP contribution in [0, 0.1) is 0 Å². The lowest BCUT2D eigenvalue weighted by atomic mass is 10.1. The summed E-state index contributed by atoms with van der Waals surface area (Å²) in [6.07, 6.45) is 1.16. The van der Waals surface area contributed by atoms with E-state index < -0.39 is 0 Å². The Bertz CT molecular complexity index is 85.6. The molecule has 0 aliphatic heterocycles. The largest absolute Gasteiger partial charge is 0.373 e. The molecule has 4 heteroatoms.